The highest BCUT2D eigenvalue weighted by molar-refractivity contribution is 8.00. The minimum atomic E-state index is -0.309. The lowest BCUT2D eigenvalue weighted by molar-refractivity contribution is 0.0410. The topological polar surface area (TPSA) is 29.5 Å². The molecule has 0 saturated carbocycles. The van der Waals surface area contributed by atoms with Crippen molar-refractivity contribution in [1.82, 2.24) is 4.90 Å². The maximum atomic E-state index is 12.7. The number of benzene rings is 1. The summed E-state index contributed by atoms with van der Waals surface area (Å²) in [6.45, 7) is 4.56. The van der Waals surface area contributed by atoms with Gasteiger partial charge in [0.05, 0.1) is 19.0 Å². The molecule has 1 aromatic rings. The van der Waals surface area contributed by atoms with Crippen LogP contribution in [0.25, 0.3) is 0 Å². The summed E-state index contributed by atoms with van der Waals surface area (Å²) in [4.78, 5) is 14.2. The Labute approximate surface area is 117 Å². The lowest BCUT2D eigenvalue weighted by atomic mass is 10.1. The van der Waals surface area contributed by atoms with Crippen LogP contribution >= 0.6 is 11.8 Å². The number of nitrogens with zero attached hydrogens (tertiary/aromatic N) is 1. The second-order valence-electron chi connectivity index (χ2n) is 4.44. The third-order valence-corrected chi connectivity index (χ3v) is 3.99. The Morgan fingerprint density at radius 1 is 1.26 bits per heavy atom. The van der Waals surface area contributed by atoms with Gasteiger partial charge in [0.15, 0.2) is 5.78 Å². The van der Waals surface area contributed by atoms with Crippen molar-refractivity contribution in [2.24, 2.45) is 0 Å². The fourth-order valence-electron chi connectivity index (χ4n) is 1.90. The molecule has 0 spiro atoms. The van der Waals surface area contributed by atoms with Gasteiger partial charge in [-0.25, -0.2) is 4.39 Å². The van der Waals surface area contributed by atoms with Crippen molar-refractivity contribution in [3.8, 4) is 0 Å². The number of hydrogen-bond acceptors (Lipinski definition) is 4. The number of ether oxygens (including phenoxy) is 1. The first-order chi connectivity index (χ1) is 9.25. The molecule has 0 bridgehead atoms. The molecule has 0 radical (unpaired) electrons. The highest BCUT2D eigenvalue weighted by Crippen LogP contribution is 2.09. The molecule has 1 aliphatic heterocycles. The van der Waals surface area contributed by atoms with Gasteiger partial charge in [-0.1, -0.05) is 0 Å². The molecule has 0 aliphatic carbocycles. The summed E-state index contributed by atoms with van der Waals surface area (Å²) in [5, 5.41) is 0. The highest BCUT2D eigenvalue weighted by atomic mass is 32.2. The molecule has 0 atom stereocenters. The Morgan fingerprint density at radius 2 is 1.95 bits per heavy atom. The van der Waals surface area contributed by atoms with Crippen LogP contribution in [0.15, 0.2) is 24.3 Å². The van der Waals surface area contributed by atoms with Gasteiger partial charge < -0.3 is 4.74 Å². The smallest absolute Gasteiger partial charge is 0.172 e. The Kier molecular flexibility index (Phi) is 5.82. The van der Waals surface area contributed by atoms with E-state index in [-0.39, 0.29) is 11.6 Å². The molecule has 0 N–H and O–H groups in total. The molecular weight excluding hydrogens is 265 g/mol. The predicted octanol–water partition coefficient (Wildman–Crippen LogP) is 2.07. The molecule has 0 unspecified atom stereocenters. The molecule has 3 nitrogen and oxygen atoms in total. The molecule has 5 heteroatoms. The van der Waals surface area contributed by atoms with Crippen LogP contribution in [0, 0.1) is 5.82 Å². The summed E-state index contributed by atoms with van der Waals surface area (Å²) in [5.41, 5.74) is 0.584. The third kappa shape index (κ3) is 4.93. The number of morpholine rings is 1. The van der Waals surface area contributed by atoms with Crippen LogP contribution in [0.1, 0.15) is 10.4 Å². The summed E-state index contributed by atoms with van der Waals surface area (Å²) in [6, 6.07) is 5.73. The average molecular weight is 283 g/mol. The zero-order valence-corrected chi connectivity index (χ0v) is 11.6. The molecule has 1 fully saturated rings. The molecule has 2 rings (SSSR count). The number of carbonyl (C=O) groups excluding carboxylic acids is 1. The Balaban J connectivity index is 1.64. The first kappa shape index (κ1) is 14.5. The van der Waals surface area contributed by atoms with Crippen molar-refractivity contribution in [2.75, 3.05) is 44.4 Å². The largest absolute Gasteiger partial charge is 0.379 e. The van der Waals surface area contributed by atoms with Crippen molar-refractivity contribution in [3.63, 3.8) is 0 Å². The summed E-state index contributed by atoms with van der Waals surface area (Å²) in [7, 11) is 0. The number of rotatable bonds is 6. The number of ketones is 1. The zero-order valence-electron chi connectivity index (χ0n) is 10.8. The Hall–Kier alpha value is -0.910. The molecule has 1 aromatic carbocycles. The van der Waals surface area contributed by atoms with Gasteiger partial charge in [-0.05, 0) is 24.3 Å². The standard InChI is InChI=1S/C14H18FNO2S/c15-13-3-1-12(2-4-13)14(17)11-19-10-7-16-5-8-18-9-6-16/h1-4H,5-11H2. The van der Waals surface area contributed by atoms with E-state index in [1.807, 2.05) is 0 Å². The number of hydrogen-bond donors (Lipinski definition) is 0. The van der Waals surface area contributed by atoms with Crippen LogP contribution < -0.4 is 0 Å². The fraction of sp³-hybridized carbons (Fsp3) is 0.500. The molecule has 0 aromatic heterocycles. The number of thioether (sulfide) groups is 1. The van der Waals surface area contributed by atoms with Gasteiger partial charge in [0.2, 0.25) is 0 Å². The van der Waals surface area contributed by atoms with E-state index in [2.05, 4.69) is 4.90 Å². The van der Waals surface area contributed by atoms with Crippen molar-refractivity contribution < 1.29 is 13.9 Å². The van der Waals surface area contributed by atoms with Gasteiger partial charge >= 0.3 is 0 Å². The lowest BCUT2D eigenvalue weighted by Gasteiger charge is -2.26. The molecule has 1 heterocycles. The van der Waals surface area contributed by atoms with Gasteiger partial charge in [0.1, 0.15) is 5.82 Å². The minimum absolute atomic E-state index is 0.0620. The first-order valence-electron chi connectivity index (χ1n) is 6.42. The second kappa shape index (κ2) is 7.62. The maximum Gasteiger partial charge on any atom is 0.172 e. The van der Waals surface area contributed by atoms with Crippen LogP contribution in [0.5, 0.6) is 0 Å². The molecule has 1 saturated heterocycles. The van der Waals surface area contributed by atoms with Gasteiger partial charge in [-0.15, -0.1) is 0 Å². The van der Waals surface area contributed by atoms with E-state index in [0.717, 1.165) is 38.6 Å². The van der Waals surface area contributed by atoms with E-state index in [9.17, 15) is 9.18 Å². The van der Waals surface area contributed by atoms with E-state index < -0.39 is 0 Å². The van der Waals surface area contributed by atoms with Crippen molar-refractivity contribution in [3.05, 3.63) is 35.6 Å². The van der Waals surface area contributed by atoms with Gasteiger partial charge in [-0.3, -0.25) is 9.69 Å². The van der Waals surface area contributed by atoms with E-state index in [0.29, 0.717) is 11.3 Å². The van der Waals surface area contributed by atoms with E-state index >= 15 is 0 Å². The molecular formula is C14H18FNO2S. The average Bonchev–Trinajstić information content (AvgIpc) is 2.45. The number of carbonyl (C=O) groups is 1. The van der Waals surface area contributed by atoms with Crippen LogP contribution in [0.4, 0.5) is 4.39 Å². The minimum Gasteiger partial charge on any atom is -0.379 e. The molecule has 104 valence electrons. The normalized spacial score (nSPS) is 16.5. The third-order valence-electron chi connectivity index (χ3n) is 3.05. The zero-order chi connectivity index (χ0) is 13.5. The number of Topliss-reactive ketones (excluding diaryl/α,β-unsaturated/α-hetero) is 1. The molecule has 19 heavy (non-hydrogen) atoms. The summed E-state index contributed by atoms with van der Waals surface area (Å²) < 4.78 is 18.0. The monoisotopic (exact) mass is 283 g/mol. The van der Waals surface area contributed by atoms with Crippen molar-refractivity contribution in [1.29, 1.82) is 0 Å². The van der Waals surface area contributed by atoms with E-state index in [4.69, 9.17) is 4.74 Å². The first-order valence-corrected chi connectivity index (χ1v) is 7.58. The highest BCUT2D eigenvalue weighted by Gasteiger charge is 2.10. The maximum absolute atomic E-state index is 12.7. The van der Waals surface area contributed by atoms with Crippen LogP contribution in [0.2, 0.25) is 0 Å². The van der Waals surface area contributed by atoms with Crippen molar-refractivity contribution in [2.45, 2.75) is 0 Å². The molecule has 1 aliphatic rings. The van der Waals surface area contributed by atoms with Crippen LogP contribution in [-0.2, 0) is 4.74 Å². The van der Waals surface area contributed by atoms with Crippen LogP contribution in [0.3, 0.4) is 0 Å². The van der Waals surface area contributed by atoms with Gasteiger partial charge in [0.25, 0.3) is 0 Å². The summed E-state index contributed by atoms with van der Waals surface area (Å²) in [6.07, 6.45) is 0. The predicted molar refractivity (Wildman–Crippen MR) is 75.3 cm³/mol. The second-order valence-corrected chi connectivity index (χ2v) is 5.54. The summed E-state index contributed by atoms with van der Waals surface area (Å²) in [5.74, 6) is 1.15. The number of halogens is 1. The van der Waals surface area contributed by atoms with Gasteiger partial charge in [0, 0.05) is 31.0 Å². The van der Waals surface area contributed by atoms with Crippen molar-refractivity contribution >= 4 is 17.5 Å². The van der Waals surface area contributed by atoms with E-state index in [1.54, 1.807) is 23.9 Å². The quantitative estimate of drug-likeness (QED) is 0.590. The fourth-order valence-corrected chi connectivity index (χ4v) is 2.79. The Morgan fingerprint density at radius 3 is 2.63 bits per heavy atom. The Bertz CT molecular complexity index is 404. The molecule has 0 amide bonds. The van der Waals surface area contributed by atoms with Gasteiger partial charge in [-0.2, -0.15) is 11.8 Å². The van der Waals surface area contributed by atoms with E-state index in [1.165, 1.54) is 12.1 Å². The lowest BCUT2D eigenvalue weighted by Crippen LogP contribution is -2.37. The SMILES string of the molecule is O=C(CSCCN1CCOCC1)c1ccc(F)cc1. The summed E-state index contributed by atoms with van der Waals surface area (Å²) >= 11 is 1.63. The van der Waals surface area contributed by atoms with Crippen LogP contribution in [-0.4, -0.2) is 55.0 Å².